The van der Waals surface area contributed by atoms with E-state index in [1.807, 2.05) is 36.4 Å². The minimum Gasteiger partial charge on any atom is -0.491 e. The maximum absolute atomic E-state index is 6.31. The summed E-state index contributed by atoms with van der Waals surface area (Å²) >= 11 is 6.31. The van der Waals surface area contributed by atoms with Gasteiger partial charge in [-0.05, 0) is 48.6 Å². The number of hydrogen-bond acceptors (Lipinski definition) is 2. The second kappa shape index (κ2) is 6.97. The molecule has 2 aromatic rings. The molecule has 0 heterocycles. The van der Waals surface area contributed by atoms with Gasteiger partial charge in [0, 0.05) is 6.54 Å². The number of benzene rings is 2. The highest BCUT2D eigenvalue weighted by molar-refractivity contribution is 6.32. The molecule has 0 aromatic heterocycles. The van der Waals surface area contributed by atoms with Crippen molar-refractivity contribution >= 4 is 11.6 Å². The van der Waals surface area contributed by atoms with Gasteiger partial charge in [0.25, 0.3) is 0 Å². The molecule has 0 unspecified atom stereocenters. The van der Waals surface area contributed by atoms with E-state index in [9.17, 15) is 0 Å². The molecule has 1 aliphatic carbocycles. The molecule has 2 nitrogen and oxygen atoms in total. The molecule has 0 saturated heterocycles. The minimum atomic E-state index is 0.650. The number of hydrogen-bond donors (Lipinski definition) is 1. The first-order valence-electron chi connectivity index (χ1n) is 7.51. The van der Waals surface area contributed by atoms with Gasteiger partial charge in [-0.3, -0.25) is 0 Å². The molecule has 1 saturated carbocycles. The Hall–Kier alpha value is -1.51. The van der Waals surface area contributed by atoms with Gasteiger partial charge in [-0.2, -0.15) is 0 Å². The second-order valence-electron chi connectivity index (χ2n) is 5.51. The summed E-state index contributed by atoms with van der Waals surface area (Å²) in [5.74, 6) is 1.66. The van der Waals surface area contributed by atoms with Crippen LogP contribution in [0.1, 0.15) is 12.8 Å². The molecule has 21 heavy (non-hydrogen) atoms. The zero-order valence-corrected chi connectivity index (χ0v) is 12.8. The van der Waals surface area contributed by atoms with E-state index >= 15 is 0 Å². The van der Waals surface area contributed by atoms with Crippen molar-refractivity contribution in [2.75, 3.05) is 19.7 Å². The summed E-state index contributed by atoms with van der Waals surface area (Å²) in [6.45, 7) is 2.63. The molecule has 0 spiro atoms. The van der Waals surface area contributed by atoms with Crippen LogP contribution >= 0.6 is 11.6 Å². The lowest BCUT2D eigenvalue weighted by Gasteiger charge is -2.10. The molecule has 3 rings (SSSR count). The van der Waals surface area contributed by atoms with Crippen molar-refractivity contribution < 1.29 is 4.74 Å². The van der Waals surface area contributed by atoms with E-state index in [1.54, 1.807) is 0 Å². The Balaban J connectivity index is 1.54. The van der Waals surface area contributed by atoms with Gasteiger partial charge in [-0.25, -0.2) is 0 Å². The average Bonchev–Trinajstić information content (AvgIpc) is 3.33. The van der Waals surface area contributed by atoms with Gasteiger partial charge in [0.05, 0.1) is 5.02 Å². The Labute approximate surface area is 131 Å². The molecule has 0 aliphatic heterocycles. The van der Waals surface area contributed by atoms with E-state index in [0.29, 0.717) is 11.6 Å². The molecule has 1 N–H and O–H groups in total. The lowest BCUT2D eigenvalue weighted by Crippen LogP contribution is -2.23. The number of halogens is 1. The zero-order chi connectivity index (χ0) is 14.5. The molecule has 2 aromatic carbocycles. The van der Waals surface area contributed by atoms with Gasteiger partial charge in [-0.15, -0.1) is 0 Å². The summed E-state index contributed by atoms with van der Waals surface area (Å²) < 4.78 is 5.74. The third kappa shape index (κ3) is 4.23. The highest BCUT2D eigenvalue weighted by Crippen LogP contribution is 2.30. The van der Waals surface area contributed by atoms with Crippen LogP contribution in [-0.4, -0.2) is 19.7 Å². The summed E-state index contributed by atoms with van der Waals surface area (Å²) in [4.78, 5) is 0. The summed E-state index contributed by atoms with van der Waals surface area (Å²) in [5, 5.41) is 4.07. The van der Waals surface area contributed by atoms with Crippen LogP contribution in [0.4, 0.5) is 0 Å². The summed E-state index contributed by atoms with van der Waals surface area (Å²) in [6, 6.07) is 16.2. The first-order chi connectivity index (χ1) is 10.3. The Morgan fingerprint density at radius 3 is 2.57 bits per heavy atom. The van der Waals surface area contributed by atoms with Gasteiger partial charge in [-0.1, -0.05) is 48.0 Å². The first kappa shape index (κ1) is 14.4. The van der Waals surface area contributed by atoms with Crippen molar-refractivity contribution in [2.45, 2.75) is 12.8 Å². The van der Waals surface area contributed by atoms with E-state index in [2.05, 4.69) is 17.4 Å². The predicted molar refractivity (Wildman–Crippen MR) is 88.0 cm³/mol. The maximum Gasteiger partial charge on any atom is 0.137 e. The first-order valence-corrected chi connectivity index (χ1v) is 7.89. The highest BCUT2D eigenvalue weighted by Gasteiger charge is 2.19. The number of nitrogens with one attached hydrogen (secondary N) is 1. The lowest BCUT2D eigenvalue weighted by molar-refractivity contribution is 0.313. The van der Waals surface area contributed by atoms with Crippen LogP contribution in [0.2, 0.25) is 5.02 Å². The van der Waals surface area contributed by atoms with E-state index in [-0.39, 0.29) is 0 Å². The molecule has 0 bridgehead atoms. The van der Waals surface area contributed by atoms with Crippen molar-refractivity contribution in [1.82, 2.24) is 5.32 Å². The highest BCUT2D eigenvalue weighted by atomic mass is 35.5. The van der Waals surface area contributed by atoms with Crippen LogP contribution in [0.5, 0.6) is 5.75 Å². The Morgan fingerprint density at radius 1 is 1.05 bits per heavy atom. The number of rotatable bonds is 7. The summed E-state index contributed by atoms with van der Waals surface area (Å²) in [6.07, 6.45) is 2.75. The standard InChI is InChI=1S/C18H20ClNO/c19-17-12-16(15-4-2-1-3-5-15)8-9-18(17)21-11-10-20-13-14-6-7-14/h1-5,8-9,12,14,20H,6-7,10-11,13H2. The van der Waals surface area contributed by atoms with E-state index < -0.39 is 0 Å². The van der Waals surface area contributed by atoms with E-state index in [0.717, 1.165) is 35.9 Å². The van der Waals surface area contributed by atoms with Crippen molar-refractivity contribution in [3.8, 4) is 16.9 Å². The van der Waals surface area contributed by atoms with Crippen molar-refractivity contribution in [3.63, 3.8) is 0 Å². The molecule has 1 fully saturated rings. The van der Waals surface area contributed by atoms with Crippen LogP contribution in [0.25, 0.3) is 11.1 Å². The van der Waals surface area contributed by atoms with Gasteiger partial charge in [0.2, 0.25) is 0 Å². The van der Waals surface area contributed by atoms with Crippen LogP contribution < -0.4 is 10.1 Å². The second-order valence-corrected chi connectivity index (χ2v) is 5.91. The third-order valence-corrected chi connectivity index (χ3v) is 4.00. The van der Waals surface area contributed by atoms with Crippen LogP contribution in [0, 0.1) is 5.92 Å². The fraction of sp³-hybridized carbons (Fsp3) is 0.333. The average molecular weight is 302 g/mol. The molecular weight excluding hydrogens is 282 g/mol. The molecular formula is C18H20ClNO. The van der Waals surface area contributed by atoms with Crippen molar-refractivity contribution in [1.29, 1.82) is 0 Å². The molecule has 0 radical (unpaired) electrons. The lowest BCUT2D eigenvalue weighted by atomic mass is 10.1. The smallest absolute Gasteiger partial charge is 0.137 e. The molecule has 1 aliphatic rings. The third-order valence-electron chi connectivity index (χ3n) is 3.71. The predicted octanol–water partition coefficient (Wildman–Crippen LogP) is 4.39. The molecule has 0 atom stereocenters. The molecule has 110 valence electrons. The quantitative estimate of drug-likeness (QED) is 0.766. The topological polar surface area (TPSA) is 21.3 Å². The van der Waals surface area contributed by atoms with Crippen LogP contribution in [-0.2, 0) is 0 Å². The van der Waals surface area contributed by atoms with Gasteiger partial charge < -0.3 is 10.1 Å². The zero-order valence-electron chi connectivity index (χ0n) is 12.0. The fourth-order valence-corrected chi connectivity index (χ4v) is 2.52. The molecule has 3 heteroatoms. The Kier molecular flexibility index (Phi) is 4.79. The minimum absolute atomic E-state index is 0.650. The number of ether oxygens (including phenoxy) is 1. The normalized spacial score (nSPS) is 14.1. The van der Waals surface area contributed by atoms with Crippen molar-refractivity contribution in [3.05, 3.63) is 53.6 Å². The van der Waals surface area contributed by atoms with Crippen molar-refractivity contribution in [2.24, 2.45) is 5.92 Å². The van der Waals surface area contributed by atoms with E-state index in [4.69, 9.17) is 16.3 Å². The van der Waals surface area contributed by atoms with Crippen LogP contribution in [0.15, 0.2) is 48.5 Å². The SMILES string of the molecule is Clc1cc(-c2ccccc2)ccc1OCCNCC1CC1. The van der Waals surface area contributed by atoms with Gasteiger partial charge in [0.15, 0.2) is 0 Å². The largest absolute Gasteiger partial charge is 0.491 e. The van der Waals surface area contributed by atoms with Gasteiger partial charge >= 0.3 is 0 Å². The summed E-state index contributed by atoms with van der Waals surface area (Å²) in [7, 11) is 0. The summed E-state index contributed by atoms with van der Waals surface area (Å²) in [5.41, 5.74) is 2.27. The van der Waals surface area contributed by atoms with Crippen LogP contribution in [0.3, 0.4) is 0 Å². The Morgan fingerprint density at radius 2 is 1.86 bits per heavy atom. The molecule has 0 amide bonds. The monoisotopic (exact) mass is 301 g/mol. The van der Waals surface area contributed by atoms with E-state index in [1.165, 1.54) is 12.8 Å². The maximum atomic E-state index is 6.31. The van der Waals surface area contributed by atoms with Gasteiger partial charge in [0.1, 0.15) is 12.4 Å². The Bertz CT molecular complexity index is 581. The fourth-order valence-electron chi connectivity index (χ4n) is 2.29.